The highest BCUT2D eigenvalue weighted by molar-refractivity contribution is 7.90. The molecule has 0 spiro atoms. The fraction of sp³-hybridized carbons (Fsp3) is 0.0417. The molecule has 170 valence electrons. The van der Waals surface area contributed by atoms with E-state index < -0.39 is 15.8 Å². The second-order valence-corrected chi connectivity index (χ2v) is 9.37. The normalized spacial score (nSPS) is 11.5. The van der Waals surface area contributed by atoms with E-state index in [0.29, 0.717) is 34.1 Å². The number of nitrogens with one attached hydrogen (secondary N) is 1. The van der Waals surface area contributed by atoms with Crippen molar-refractivity contribution in [1.82, 2.24) is 19.9 Å². The van der Waals surface area contributed by atoms with Crippen LogP contribution in [0.5, 0.6) is 23.0 Å². The summed E-state index contributed by atoms with van der Waals surface area (Å²) in [6.07, 6.45) is 4.11. The van der Waals surface area contributed by atoms with Crippen LogP contribution in [0.15, 0.2) is 84.0 Å². The standard InChI is InChI=1S/C24H17FN4O4S/c1-34(30,31)17-9-7-15(8-10-17)32-16-13-19-22(29-24(28-19)18-5-2-3-11-26-18)21(14-16)33-20-6-4-12-27-23(20)25/h2-14H,1H3,(H,28,29). The maximum atomic E-state index is 14.2. The Labute approximate surface area is 194 Å². The van der Waals surface area contributed by atoms with Crippen molar-refractivity contribution >= 4 is 20.9 Å². The number of halogens is 1. The molecule has 1 N–H and O–H groups in total. The summed E-state index contributed by atoms with van der Waals surface area (Å²) in [5, 5.41) is 0. The fourth-order valence-corrected chi connectivity index (χ4v) is 3.91. The van der Waals surface area contributed by atoms with E-state index in [1.54, 1.807) is 48.7 Å². The van der Waals surface area contributed by atoms with Crippen LogP contribution in [0, 0.1) is 5.95 Å². The number of H-pyrrole nitrogens is 1. The first-order chi connectivity index (χ1) is 16.4. The zero-order valence-electron chi connectivity index (χ0n) is 17.8. The minimum Gasteiger partial charge on any atom is -0.457 e. The molecule has 0 atom stereocenters. The van der Waals surface area contributed by atoms with Crippen LogP contribution >= 0.6 is 0 Å². The van der Waals surface area contributed by atoms with E-state index >= 15 is 0 Å². The Balaban J connectivity index is 1.57. The first-order valence-corrected chi connectivity index (χ1v) is 12.0. The fourth-order valence-electron chi connectivity index (χ4n) is 3.28. The SMILES string of the molecule is CS(=O)(=O)c1ccc(Oc2cc(Oc3cccnc3F)c3nc(-c4ccccn4)[nH]c3c2)cc1. The molecule has 34 heavy (non-hydrogen) atoms. The van der Waals surface area contributed by atoms with Gasteiger partial charge in [-0.15, -0.1) is 0 Å². The first-order valence-electron chi connectivity index (χ1n) is 10.1. The maximum Gasteiger partial charge on any atom is 0.255 e. The topological polar surface area (TPSA) is 107 Å². The zero-order chi connectivity index (χ0) is 23.7. The van der Waals surface area contributed by atoms with Gasteiger partial charge in [0.15, 0.2) is 27.2 Å². The van der Waals surface area contributed by atoms with E-state index in [1.165, 1.54) is 24.4 Å². The summed E-state index contributed by atoms with van der Waals surface area (Å²) in [6.45, 7) is 0. The Morgan fingerprint density at radius 3 is 2.35 bits per heavy atom. The Bertz CT molecular complexity index is 1590. The van der Waals surface area contributed by atoms with Crippen molar-refractivity contribution in [3.05, 3.63) is 85.1 Å². The molecule has 0 aliphatic rings. The van der Waals surface area contributed by atoms with E-state index in [-0.39, 0.29) is 16.4 Å². The Morgan fingerprint density at radius 1 is 0.853 bits per heavy atom. The number of nitrogens with zero attached hydrogens (tertiary/aromatic N) is 3. The summed E-state index contributed by atoms with van der Waals surface area (Å²) in [5.41, 5.74) is 1.64. The van der Waals surface area contributed by atoms with Crippen LogP contribution in [0.3, 0.4) is 0 Å². The second-order valence-electron chi connectivity index (χ2n) is 7.36. The van der Waals surface area contributed by atoms with Gasteiger partial charge in [0.25, 0.3) is 5.95 Å². The van der Waals surface area contributed by atoms with Gasteiger partial charge in [-0.05, 0) is 48.5 Å². The highest BCUT2D eigenvalue weighted by Gasteiger charge is 2.16. The summed E-state index contributed by atoms with van der Waals surface area (Å²) in [5.74, 6) is 0.692. The van der Waals surface area contributed by atoms with Gasteiger partial charge < -0.3 is 14.5 Å². The molecule has 0 amide bonds. The van der Waals surface area contributed by atoms with Crippen molar-refractivity contribution in [3.63, 3.8) is 0 Å². The van der Waals surface area contributed by atoms with Gasteiger partial charge in [0, 0.05) is 30.8 Å². The van der Waals surface area contributed by atoms with Gasteiger partial charge in [-0.1, -0.05) is 6.07 Å². The smallest absolute Gasteiger partial charge is 0.255 e. The molecule has 0 saturated carbocycles. The number of hydrogen-bond donors (Lipinski definition) is 1. The Hall–Kier alpha value is -4.31. The Kier molecular flexibility index (Phi) is 5.42. The third-order valence-electron chi connectivity index (χ3n) is 4.87. The van der Waals surface area contributed by atoms with Gasteiger partial charge in [0.1, 0.15) is 22.7 Å². The van der Waals surface area contributed by atoms with E-state index in [2.05, 4.69) is 19.9 Å². The predicted molar refractivity (Wildman–Crippen MR) is 123 cm³/mol. The van der Waals surface area contributed by atoms with Crippen LogP contribution in [0.2, 0.25) is 0 Å². The van der Waals surface area contributed by atoms with Gasteiger partial charge in [0.05, 0.1) is 10.4 Å². The molecule has 8 nitrogen and oxygen atoms in total. The lowest BCUT2D eigenvalue weighted by Crippen LogP contribution is -1.96. The van der Waals surface area contributed by atoms with Crippen molar-refractivity contribution in [2.75, 3.05) is 6.26 Å². The first kappa shape index (κ1) is 21.5. The molecule has 0 aliphatic carbocycles. The van der Waals surface area contributed by atoms with Gasteiger partial charge in [-0.25, -0.2) is 18.4 Å². The number of pyridine rings is 2. The van der Waals surface area contributed by atoms with Gasteiger partial charge >= 0.3 is 0 Å². The Morgan fingerprint density at radius 2 is 1.65 bits per heavy atom. The van der Waals surface area contributed by atoms with Crippen LogP contribution in [-0.4, -0.2) is 34.6 Å². The highest BCUT2D eigenvalue weighted by Crippen LogP contribution is 2.36. The van der Waals surface area contributed by atoms with Crippen molar-refractivity contribution in [2.24, 2.45) is 0 Å². The van der Waals surface area contributed by atoms with E-state index in [9.17, 15) is 12.8 Å². The van der Waals surface area contributed by atoms with Gasteiger partial charge in [-0.2, -0.15) is 4.39 Å². The molecule has 0 fully saturated rings. The second kappa shape index (κ2) is 8.56. The number of hydrogen-bond acceptors (Lipinski definition) is 7. The third kappa shape index (κ3) is 4.44. The molecule has 5 rings (SSSR count). The van der Waals surface area contributed by atoms with Crippen molar-refractivity contribution < 1.29 is 22.3 Å². The molecule has 0 radical (unpaired) electrons. The highest BCUT2D eigenvalue weighted by atomic mass is 32.2. The summed E-state index contributed by atoms with van der Waals surface area (Å²) in [7, 11) is -3.33. The number of imidazole rings is 1. The van der Waals surface area contributed by atoms with Crippen LogP contribution in [0.1, 0.15) is 0 Å². The average Bonchev–Trinajstić information content (AvgIpc) is 3.25. The molecule has 0 bridgehead atoms. The molecule has 0 saturated heterocycles. The summed E-state index contributed by atoms with van der Waals surface area (Å²) in [6, 6.07) is 17.8. The van der Waals surface area contributed by atoms with Crippen LogP contribution in [-0.2, 0) is 9.84 Å². The zero-order valence-corrected chi connectivity index (χ0v) is 18.6. The molecule has 0 unspecified atom stereocenters. The van der Waals surface area contributed by atoms with Gasteiger partial charge in [-0.3, -0.25) is 4.98 Å². The number of ether oxygens (including phenoxy) is 2. The number of aromatic nitrogens is 4. The molecular formula is C24H17FN4O4S. The average molecular weight is 476 g/mol. The van der Waals surface area contributed by atoms with E-state index in [4.69, 9.17) is 9.47 Å². The summed E-state index contributed by atoms with van der Waals surface area (Å²) in [4.78, 5) is 15.9. The molecule has 0 aliphatic heterocycles. The number of rotatable bonds is 6. The van der Waals surface area contributed by atoms with Crippen LogP contribution in [0.4, 0.5) is 4.39 Å². The maximum absolute atomic E-state index is 14.2. The summed E-state index contributed by atoms with van der Waals surface area (Å²) < 4.78 is 49.3. The number of sulfone groups is 1. The van der Waals surface area contributed by atoms with Crippen LogP contribution in [0.25, 0.3) is 22.6 Å². The quantitative estimate of drug-likeness (QED) is 0.338. The predicted octanol–water partition coefficient (Wildman–Crippen LogP) is 5.15. The number of fused-ring (bicyclic) bond motifs is 1. The molecule has 2 aromatic carbocycles. The van der Waals surface area contributed by atoms with E-state index in [1.807, 2.05) is 6.07 Å². The lowest BCUT2D eigenvalue weighted by atomic mass is 10.2. The third-order valence-corrected chi connectivity index (χ3v) is 5.99. The molecule has 10 heteroatoms. The number of benzene rings is 2. The van der Waals surface area contributed by atoms with Crippen molar-refractivity contribution in [1.29, 1.82) is 0 Å². The lowest BCUT2D eigenvalue weighted by molar-refractivity contribution is 0.427. The molecule has 3 heterocycles. The number of aromatic amines is 1. The van der Waals surface area contributed by atoms with E-state index in [0.717, 1.165) is 6.26 Å². The monoisotopic (exact) mass is 476 g/mol. The van der Waals surface area contributed by atoms with Crippen molar-refractivity contribution in [3.8, 4) is 34.5 Å². The summed E-state index contributed by atoms with van der Waals surface area (Å²) >= 11 is 0. The largest absolute Gasteiger partial charge is 0.457 e. The minimum atomic E-state index is -3.33. The minimum absolute atomic E-state index is 0.0687. The van der Waals surface area contributed by atoms with Crippen LogP contribution < -0.4 is 9.47 Å². The molecule has 3 aromatic heterocycles. The lowest BCUT2D eigenvalue weighted by Gasteiger charge is -2.10. The molecule has 5 aromatic rings. The van der Waals surface area contributed by atoms with Crippen molar-refractivity contribution in [2.45, 2.75) is 4.90 Å². The molecular weight excluding hydrogens is 459 g/mol. The van der Waals surface area contributed by atoms with Gasteiger partial charge in [0.2, 0.25) is 0 Å².